The van der Waals surface area contributed by atoms with Gasteiger partial charge in [-0.25, -0.2) is 0 Å². The van der Waals surface area contributed by atoms with Crippen molar-refractivity contribution in [1.82, 2.24) is 5.32 Å². The molecule has 2 rings (SSSR count). The van der Waals surface area contributed by atoms with Gasteiger partial charge >= 0.3 is 0 Å². The van der Waals surface area contributed by atoms with Crippen molar-refractivity contribution in [2.24, 2.45) is 11.8 Å². The average Bonchev–Trinajstić information content (AvgIpc) is 2.16. The molecule has 13 heavy (non-hydrogen) atoms. The van der Waals surface area contributed by atoms with Crippen LogP contribution in [-0.2, 0) is 4.74 Å². The molecule has 2 nitrogen and oxygen atoms in total. The Hall–Kier alpha value is -0.600. The quantitative estimate of drug-likeness (QED) is 0.614. The second kappa shape index (κ2) is 3.64. The van der Waals surface area contributed by atoms with Gasteiger partial charge in [0.2, 0.25) is 0 Å². The number of hydrogen-bond acceptors (Lipinski definition) is 2. The molecular weight excluding hydrogens is 162 g/mol. The Morgan fingerprint density at radius 1 is 1.46 bits per heavy atom. The summed E-state index contributed by atoms with van der Waals surface area (Å²) >= 11 is 0. The summed E-state index contributed by atoms with van der Waals surface area (Å²) in [5, 5.41) is 3.52. The largest absolute Gasteiger partial charge is 0.380 e. The topological polar surface area (TPSA) is 21.3 Å². The minimum atomic E-state index is 0.479. The summed E-state index contributed by atoms with van der Waals surface area (Å²) in [6.45, 7) is 10.5. The van der Waals surface area contributed by atoms with Gasteiger partial charge in [-0.15, -0.1) is 6.58 Å². The first-order valence-electron chi connectivity index (χ1n) is 4.91. The fraction of sp³-hybridized carbons (Fsp3) is 0.636. The highest BCUT2D eigenvalue weighted by Gasteiger charge is 2.34. The standard InChI is InChI=1S/C11H17NO/c1-3-9-6-13-7-10-4-8(2)5-12-11(9)10/h3,9-12H,1-2,4-7H2. The van der Waals surface area contributed by atoms with Crippen molar-refractivity contribution in [2.75, 3.05) is 19.8 Å². The third-order valence-electron chi connectivity index (χ3n) is 3.05. The minimum absolute atomic E-state index is 0.479. The molecule has 1 N–H and O–H groups in total. The Kier molecular flexibility index (Phi) is 2.51. The van der Waals surface area contributed by atoms with E-state index >= 15 is 0 Å². The number of nitrogens with one attached hydrogen (secondary N) is 1. The molecule has 0 amide bonds. The van der Waals surface area contributed by atoms with Crippen molar-refractivity contribution >= 4 is 0 Å². The van der Waals surface area contributed by atoms with Crippen LogP contribution in [0.15, 0.2) is 24.8 Å². The number of hydrogen-bond donors (Lipinski definition) is 1. The molecule has 2 fully saturated rings. The summed E-state index contributed by atoms with van der Waals surface area (Å²) < 4.78 is 5.54. The molecule has 0 aromatic rings. The number of piperidine rings is 1. The molecule has 72 valence electrons. The first kappa shape index (κ1) is 8.97. The Morgan fingerprint density at radius 3 is 3.08 bits per heavy atom. The monoisotopic (exact) mass is 179 g/mol. The zero-order valence-electron chi connectivity index (χ0n) is 7.96. The molecule has 0 bridgehead atoms. The van der Waals surface area contributed by atoms with Gasteiger partial charge in [0.25, 0.3) is 0 Å². The van der Waals surface area contributed by atoms with Crippen LogP contribution in [0.2, 0.25) is 0 Å². The van der Waals surface area contributed by atoms with Crippen molar-refractivity contribution < 1.29 is 4.74 Å². The van der Waals surface area contributed by atoms with Crippen LogP contribution in [0.1, 0.15) is 6.42 Å². The van der Waals surface area contributed by atoms with Crippen LogP contribution < -0.4 is 5.32 Å². The molecule has 3 atom stereocenters. The van der Waals surface area contributed by atoms with Gasteiger partial charge in [0.05, 0.1) is 13.2 Å². The van der Waals surface area contributed by atoms with Crippen LogP contribution in [0.25, 0.3) is 0 Å². The normalized spacial score (nSPS) is 39.7. The Morgan fingerprint density at radius 2 is 2.31 bits per heavy atom. The molecule has 2 aliphatic rings. The van der Waals surface area contributed by atoms with E-state index in [1.165, 1.54) is 5.57 Å². The van der Waals surface area contributed by atoms with Gasteiger partial charge in [0.1, 0.15) is 0 Å². The van der Waals surface area contributed by atoms with Crippen LogP contribution >= 0.6 is 0 Å². The predicted octanol–water partition coefficient (Wildman–Crippen LogP) is 1.35. The lowest BCUT2D eigenvalue weighted by Crippen LogP contribution is -2.52. The van der Waals surface area contributed by atoms with Gasteiger partial charge in [-0.3, -0.25) is 0 Å². The molecule has 0 spiro atoms. The van der Waals surface area contributed by atoms with Crippen LogP contribution in [0.5, 0.6) is 0 Å². The zero-order chi connectivity index (χ0) is 9.26. The molecule has 2 heterocycles. The maximum Gasteiger partial charge on any atom is 0.0543 e. The summed E-state index contributed by atoms with van der Waals surface area (Å²) in [5.41, 5.74) is 1.30. The Bertz CT molecular complexity index is 224. The van der Waals surface area contributed by atoms with Gasteiger partial charge < -0.3 is 10.1 Å². The second-order valence-electron chi connectivity index (χ2n) is 4.06. The number of ether oxygens (including phenoxy) is 1. The van der Waals surface area contributed by atoms with Crippen molar-refractivity contribution in [3.63, 3.8) is 0 Å². The van der Waals surface area contributed by atoms with E-state index in [-0.39, 0.29) is 0 Å². The van der Waals surface area contributed by atoms with Gasteiger partial charge in [0, 0.05) is 24.4 Å². The van der Waals surface area contributed by atoms with Crippen LogP contribution in [0.3, 0.4) is 0 Å². The molecule has 0 aliphatic carbocycles. The van der Waals surface area contributed by atoms with E-state index in [4.69, 9.17) is 4.74 Å². The fourth-order valence-corrected chi connectivity index (χ4v) is 2.34. The third kappa shape index (κ3) is 1.69. The number of fused-ring (bicyclic) bond motifs is 1. The first-order valence-corrected chi connectivity index (χ1v) is 4.91. The summed E-state index contributed by atoms with van der Waals surface area (Å²) in [7, 11) is 0. The maximum atomic E-state index is 5.54. The lowest BCUT2D eigenvalue weighted by atomic mass is 9.80. The molecule has 0 aromatic carbocycles. The predicted molar refractivity (Wildman–Crippen MR) is 53.5 cm³/mol. The van der Waals surface area contributed by atoms with Gasteiger partial charge in [-0.2, -0.15) is 0 Å². The highest BCUT2D eigenvalue weighted by atomic mass is 16.5. The molecule has 0 saturated carbocycles. The average molecular weight is 179 g/mol. The van der Waals surface area contributed by atoms with Crippen molar-refractivity contribution in [3.8, 4) is 0 Å². The zero-order valence-corrected chi connectivity index (χ0v) is 7.96. The van der Waals surface area contributed by atoms with Gasteiger partial charge in [-0.05, 0) is 6.42 Å². The third-order valence-corrected chi connectivity index (χ3v) is 3.05. The van der Waals surface area contributed by atoms with E-state index in [0.717, 1.165) is 26.2 Å². The molecule has 0 radical (unpaired) electrons. The molecule has 2 saturated heterocycles. The summed E-state index contributed by atoms with van der Waals surface area (Å²) in [6, 6.07) is 0.566. The van der Waals surface area contributed by atoms with Gasteiger partial charge in [-0.1, -0.05) is 18.2 Å². The van der Waals surface area contributed by atoms with E-state index in [0.29, 0.717) is 17.9 Å². The number of rotatable bonds is 1. The minimum Gasteiger partial charge on any atom is -0.380 e. The van der Waals surface area contributed by atoms with Crippen molar-refractivity contribution in [3.05, 3.63) is 24.8 Å². The second-order valence-corrected chi connectivity index (χ2v) is 4.06. The van der Waals surface area contributed by atoms with E-state index < -0.39 is 0 Å². The SMILES string of the molecule is C=CC1COCC2CC(=C)CNC12. The van der Waals surface area contributed by atoms with Crippen molar-refractivity contribution in [1.29, 1.82) is 0 Å². The summed E-state index contributed by atoms with van der Waals surface area (Å²) in [5.74, 6) is 1.09. The van der Waals surface area contributed by atoms with E-state index in [1.54, 1.807) is 0 Å². The lowest BCUT2D eigenvalue weighted by molar-refractivity contribution is -0.0000992. The summed E-state index contributed by atoms with van der Waals surface area (Å²) in [6.07, 6.45) is 3.12. The Balaban J connectivity index is 2.07. The van der Waals surface area contributed by atoms with E-state index in [9.17, 15) is 0 Å². The van der Waals surface area contributed by atoms with E-state index in [2.05, 4.69) is 18.5 Å². The smallest absolute Gasteiger partial charge is 0.0543 e. The van der Waals surface area contributed by atoms with Gasteiger partial charge in [0.15, 0.2) is 0 Å². The van der Waals surface area contributed by atoms with Crippen LogP contribution in [0.4, 0.5) is 0 Å². The molecule has 2 heteroatoms. The fourth-order valence-electron chi connectivity index (χ4n) is 2.34. The molecule has 0 aromatic heterocycles. The first-order chi connectivity index (χ1) is 6.31. The van der Waals surface area contributed by atoms with Crippen LogP contribution in [0, 0.1) is 11.8 Å². The van der Waals surface area contributed by atoms with Crippen LogP contribution in [-0.4, -0.2) is 25.8 Å². The maximum absolute atomic E-state index is 5.54. The summed E-state index contributed by atoms with van der Waals surface area (Å²) in [4.78, 5) is 0. The highest BCUT2D eigenvalue weighted by molar-refractivity contribution is 5.09. The molecule has 2 aliphatic heterocycles. The molecule has 3 unspecified atom stereocenters. The van der Waals surface area contributed by atoms with Crippen molar-refractivity contribution in [2.45, 2.75) is 12.5 Å². The molecular formula is C11H17NO. The lowest BCUT2D eigenvalue weighted by Gasteiger charge is -2.41. The Labute approximate surface area is 79.7 Å². The van der Waals surface area contributed by atoms with E-state index in [1.807, 2.05) is 6.08 Å². The highest BCUT2D eigenvalue weighted by Crippen LogP contribution is 2.29.